The fourth-order valence-corrected chi connectivity index (χ4v) is 4.87. The molecule has 0 saturated carbocycles. The van der Waals surface area contributed by atoms with Crippen molar-refractivity contribution in [1.82, 2.24) is 10.2 Å². The zero-order chi connectivity index (χ0) is 26.9. The minimum atomic E-state index is -3.77. The van der Waals surface area contributed by atoms with Crippen molar-refractivity contribution in [3.8, 4) is 5.75 Å². The number of carbonyl (C=O) groups is 2. The molecular weight excluding hydrogens is 485 g/mol. The molecule has 0 aliphatic rings. The third kappa shape index (κ3) is 8.22. The van der Waals surface area contributed by atoms with Crippen molar-refractivity contribution in [2.24, 2.45) is 0 Å². The maximum absolute atomic E-state index is 14.3. The molecule has 1 N–H and O–H groups in total. The molecule has 0 spiro atoms. The number of nitrogens with zero attached hydrogens (tertiary/aromatic N) is 2. The number of para-hydroxylation sites is 1. The first-order valence-corrected chi connectivity index (χ1v) is 13.8. The van der Waals surface area contributed by atoms with Crippen LogP contribution in [0.25, 0.3) is 0 Å². The summed E-state index contributed by atoms with van der Waals surface area (Å²) in [6, 6.07) is 12.1. The average Bonchev–Trinajstić information content (AvgIpc) is 2.81. The third-order valence-electron chi connectivity index (χ3n) is 5.58. The number of benzene rings is 2. The van der Waals surface area contributed by atoms with Gasteiger partial charge >= 0.3 is 0 Å². The summed E-state index contributed by atoms with van der Waals surface area (Å²) in [5.41, 5.74) is 0.728. The normalized spacial score (nSPS) is 12.2. The lowest BCUT2D eigenvalue weighted by Gasteiger charge is -2.31. The minimum Gasteiger partial charge on any atom is -0.497 e. The molecule has 2 aromatic rings. The summed E-state index contributed by atoms with van der Waals surface area (Å²) >= 11 is 0. The maximum Gasteiger partial charge on any atom is 0.243 e. The fourth-order valence-electron chi connectivity index (χ4n) is 3.90. The molecule has 0 bridgehead atoms. The van der Waals surface area contributed by atoms with Crippen molar-refractivity contribution in [2.75, 3.05) is 24.2 Å². The van der Waals surface area contributed by atoms with Gasteiger partial charge in [-0.1, -0.05) is 31.2 Å². The molecule has 0 heterocycles. The highest BCUT2D eigenvalue weighted by atomic mass is 32.2. The van der Waals surface area contributed by atoms with E-state index in [1.54, 1.807) is 25.3 Å². The Balaban J connectivity index is 2.25. The van der Waals surface area contributed by atoms with Gasteiger partial charge in [-0.2, -0.15) is 0 Å². The zero-order valence-corrected chi connectivity index (χ0v) is 22.3. The Morgan fingerprint density at radius 3 is 2.39 bits per heavy atom. The number of anilines is 1. The second kappa shape index (κ2) is 13.2. The van der Waals surface area contributed by atoms with Gasteiger partial charge in [-0.3, -0.25) is 13.9 Å². The van der Waals surface area contributed by atoms with E-state index < -0.39 is 21.9 Å². The third-order valence-corrected chi connectivity index (χ3v) is 6.76. The van der Waals surface area contributed by atoms with E-state index in [-0.39, 0.29) is 49.5 Å². The van der Waals surface area contributed by atoms with E-state index in [0.29, 0.717) is 12.2 Å². The molecule has 2 rings (SSSR count). The molecule has 198 valence electrons. The van der Waals surface area contributed by atoms with Gasteiger partial charge in [0.1, 0.15) is 17.6 Å². The first-order chi connectivity index (χ1) is 17.0. The number of amides is 2. The van der Waals surface area contributed by atoms with Crippen LogP contribution < -0.4 is 14.4 Å². The maximum atomic E-state index is 14.3. The number of halogens is 1. The van der Waals surface area contributed by atoms with Crippen LogP contribution in [0.5, 0.6) is 5.75 Å². The van der Waals surface area contributed by atoms with E-state index in [0.717, 1.165) is 16.1 Å². The molecule has 1 atom stereocenters. The SMILES string of the molecule is CCC(C(=O)NC(C)C)N(Cc1cccc(OC)c1)C(=O)CCCN(c1ccccc1F)S(C)(=O)=O. The molecule has 8 nitrogen and oxygen atoms in total. The number of rotatable bonds is 13. The molecule has 0 aliphatic carbocycles. The van der Waals surface area contributed by atoms with Gasteiger partial charge in [-0.15, -0.1) is 0 Å². The van der Waals surface area contributed by atoms with Crippen LogP contribution in [0.2, 0.25) is 0 Å². The largest absolute Gasteiger partial charge is 0.497 e. The highest BCUT2D eigenvalue weighted by Crippen LogP contribution is 2.23. The Kier molecular flexibility index (Phi) is 10.7. The van der Waals surface area contributed by atoms with Crippen LogP contribution in [0.3, 0.4) is 0 Å². The number of sulfonamides is 1. The quantitative estimate of drug-likeness (QED) is 0.434. The van der Waals surface area contributed by atoms with Gasteiger partial charge in [0, 0.05) is 25.6 Å². The van der Waals surface area contributed by atoms with E-state index in [9.17, 15) is 22.4 Å². The molecular formula is C26H36FN3O5S. The summed E-state index contributed by atoms with van der Waals surface area (Å²) in [6.07, 6.45) is 1.53. The van der Waals surface area contributed by atoms with Crippen molar-refractivity contribution in [3.05, 3.63) is 59.9 Å². The Labute approximate surface area is 213 Å². The van der Waals surface area contributed by atoms with Gasteiger partial charge in [-0.25, -0.2) is 12.8 Å². The lowest BCUT2D eigenvalue weighted by atomic mass is 10.1. The molecule has 1 unspecified atom stereocenters. The Hall–Kier alpha value is -3.14. The van der Waals surface area contributed by atoms with Crippen LogP contribution in [-0.4, -0.2) is 57.1 Å². The summed E-state index contributed by atoms with van der Waals surface area (Å²) in [5.74, 6) is -0.586. The zero-order valence-electron chi connectivity index (χ0n) is 21.5. The Bertz CT molecular complexity index is 1140. The molecule has 0 fully saturated rings. The van der Waals surface area contributed by atoms with Crippen molar-refractivity contribution < 1.29 is 27.1 Å². The number of methoxy groups -OCH3 is 1. The second-order valence-corrected chi connectivity index (χ2v) is 10.8. The van der Waals surface area contributed by atoms with E-state index in [2.05, 4.69) is 5.32 Å². The lowest BCUT2D eigenvalue weighted by molar-refractivity contribution is -0.141. The molecule has 36 heavy (non-hydrogen) atoms. The van der Waals surface area contributed by atoms with Crippen molar-refractivity contribution in [2.45, 2.75) is 58.7 Å². The van der Waals surface area contributed by atoms with Crippen LogP contribution in [0.4, 0.5) is 10.1 Å². The molecule has 0 radical (unpaired) electrons. The number of hydrogen-bond donors (Lipinski definition) is 1. The van der Waals surface area contributed by atoms with Crippen molar-refractivity contribution >= 4 is 27.5 Å². The summed E-state index contributed by atoms with van der Waals surface area (Å²) < 4.78 is 45.2. The molecule has 10 heteroatoms. The monoisotopic (exact) mass is 521 g/mol. The highest BCUT2D eigenvalue weighted by Gasteiger charge is 2.29. The molecule has 0 saturated heterocycles. The van der Waals surface area contributed by atoms with Crippen LogP contribution in [0, 0.1) is 5.82 Å². The number of carbonyl (C=O) groups excluding carboxylic acids is 2. The first-order valence-electron chi connectivity index (χ1n) is 11.9. The van der Waals surface area contributed by atoms with Crippen molar-refractivity contribution in [3.63, 3.8) is 0 Å². The van der Waals surface area contributed by atoms with Crippen molar-refractivity contribution in [1.29, 1.82) is 0 Å². The number of ether oxygens (including phenoxy) is 1. The Morgan fingerprint density at radius 2 is 1.81 bits per heavy atom. The van der Waals surface area contributed by atoms with E-state index in [1.165, 1.54) is 23.1 Å². The lowest BCUT2D eigenvalue weighted by Crippen LogP contribution is -2.50. The minimum absolute atomic E-state index is 0.0180. The fraction of sp³-hybridized carbons (Fsp3) is 0.462. The summed E-state index contributed by atoms with van der Waals surface area (Å²) in [7, 11) is -2.22. The highest BCUT2D eigenvalue weighted by molar-refractivity contribution is 7.92. The number of nitrogens with one attached hydrogen (secondary N) is 1. The predicted molar refractivity (Wildman–Crippen MR) is 139 cm³/mol. The molecule has 2 amide bonds. The van der Waals surface area contributed by atoms with E-state index in [4.69, 9.17) is 4.74 Å². The van der Waals surface area contributed by atoms with Gasteiger partial charge in [0.25, 0.3) is 0 Å². The molecule has 0 aliphatic heterocycles. The predicted octanol–water partition coefficient (Wildman–Crippen LogP) is 3.71. The van der Waals surface area contributed by atoms with Crippen LogP contribution in [0.15, 0.2) is 48.5 Å². The standard InChI is InChI=1S/C26H36FN3O5S/c1-6-23(26(32)28-19(2)3)29(18-20-11-9-12-21(17-20)35-4)25(31)15-10-16-30(36(5,33)34)24-14-8-7-13-22(24)27/h7-9,11-14,17,19,23H,6,10,15-16,18H2,1-5H3,(H,28,32). The van der Waals surface area contributed by atoms with E-state index >= 15 is 0 Å². The summed E-state index contributed by atoms with van der Waals surface area (Å²) in [5, 5.41) is 2.87. The second-order valence-electron chi connectivity index (χ2n) is 8.85. The van der Waals surface area contributed by atoms with Crippen LogP contribution in [-0.2, 0) is 26.2 Å². The summed E-state index contributed by atoms with van der Waals surface area (Å²) in [4.78, 5) is 27.8. The van der Waals surface area contributed by atoms with Gasteiger partial charge in [0.05, 0.1) is 19.1 Å². The first kappa shape index (κ1) is 29.1. The van der Waals surface area contributed by atoms with Crippen LogP contribution >= 0.6 is 0 Å². The van der Waals surface area contributed by atoms with Gasteiger partial charge < -0.3 is 15.0 Å². The van der Waals surface area contributed by atoms with Crippen LogP contribution in [0.1, 0.15) is 45.6 Å². The molecule has 2 aromatic carbocycles. The molecule has 0 aromatic heterocycles. The smallest absolute Gasteiger partial charge is 0.243 e. The van der Waals surface area contributed by atoms with Gasteiger partial charge in [0.15, 0.2) is 0 Å². The summed E-state index contributed by atoms with van der Waals surface area (Å²) in [6.45, 7) is 5.64. The van der Waals surface area contributed by atoms with Gasteiger partial charge in [-0.05, 0) is 56.5 Å². The van der Waals surface area contributed by atoms with E-state index in [1.807, 2.05) is 32.9 Å². The topological polar surface area (TPSA) is 96.0 Å². The number of hydrogen-bond acceptors (Lipinski definition) is 5. The Morgan fingerprint density at radius 1 is 1.11 bits per heavy atom. The average molecular weight is 522 g/mol. The van der Waals surface area contributed by atoms with Gasteiger partial charge in [0.2, 0.25) is 21.8 Å².